The van der Waals surface area contributed by atoms with Crippen LogP contribution in [0.25, 0.3) is 0 Å². The highest BCUT2D eigenvalue weighted by Gasteiger charge is 2.24. The van der Waals surface area contributed by atoms with E-state index in [0.29, 0.717) is 5.75 Å². The van der Waals surface area contributed by atoms with E-state index >= 15 is 0 Å². The molecule has 1 aromatic carbocycles. The normalized spacial score (nSPS) is 12.3. The zero-order chi connectivity index (χ0) is 16.4. The van der Waals surface area contributed by atoms with E-state index in [9.17, 15) is 5.11 Å². The number of aliphatic hydroxyl groups excluding tert-OH is 1. The average Bonchev–Trinajstić information content (AvgIpc) is 2.47. The summed E-state index contributed by atoms with van der Waals surface area (Å²) in [7, 11) is 0. The van der Waals surface area contributed by atoms with Crippen LogP contribution in [-0.4, -0.2) is 26.7 Å². The van der Waals surface area contributed by atoms with Crippen molar-refractivity contribution in [3.8, 4) is 11.8 Å². The van der Waals surface area contributed by atoms with Crippen LogP contribution in [0, 0.1) is 0 Å². The number of hydrogen-bond acceptors (Lipinski definition) is 5. The average molecular weight is 301 g/mol. The molecule has 0 radical (unpaired) electrons. The lowest BCUT2D eigenvalue weighted by Crippen LogP contribution is -2.23. The highest BCUT2D eigenvalue weighted by molar-refractivity contribution is 5.41. The Morgan fingerprint density at radius 1 is 0.955 bits per heavy atom. The van der Waals surface area contributed by atoms with Crippen LogP contribution >= 0.6 is 0 Å². The largest absolute Gasteiger partial charge is 0.424 e. The predicted octanol–water partition coefficient (Wildman–Crippen LogP) is 3.23. The van der Waals surface area contributed by atoms with Crippen molar-refractivity contribution in [2.45, 2.75) is 45.4 Å². The zero-order valence-corrected chi connectivity index (χ0v) is 13.8. The van der Waals surface area contributed by atoms with Crippen LogP contribution in [0.5, 0.6) is 11.8 Å². The summed E-state index contributed by atoms with van der Waals surface area (Å²) < 4.78 is 5.75. The molecular formula is C17H23N3O2. The Morgan fingerprint density at radius 2 is 1.55 bits per heavy atom. The minimum Gasteiger partial charge on any atom is -0.424 e. The molecule has 0 atom stereocenters. The maximum absolute atomic E-state index is 9.65. The summed E-state index contributed by atoms with van der Waals surface area (Å²) >= 11 is 0. The fraction of sp³-hybridized carbons (Fsp3) is 0.471. The van der Waals surface area contributed by atoms with Gasteiger partial charge in [0.25, 0.3) is 0 Å². The molecule has 0 unspecified atom stereocenters. The predicted molar refractivity (Wildman–Crippen MR) is 85.2 cm³/mol. The monoisotopic (exact) mass is 301 g/mol. The van der Waals surface area contributed by atoms with Gasteiger partial charge in [0.2, 0.25) is 0 Å². The molecule has 1 N–H and O–H groups in total. The molecule has 0 bridgehead atoms. The number of nitrogens with zero attached hydrogens (tertiary/aromatic N) is 3. The number of aromatic nitrogens is 3. The van der Waals surface area contributed by atoms with Gasteiger partial charge < -0.3 is 9.84 Å². The number of ether oxygens (including phenoxy) is 1. The van der Waals surface area contributed by atoms with E-state index in [2.05, 4.69) is 41.8 Å². The van der Waals surface area contributed by atoms with Crippen LogP contribution in [0.1, 0.15) is 45.7 Å². The number of aliphatic hydroxyl groups is 1. The topological polar surface area (TPSA) is 68.1 Å². The van der Waals surface area contributed by atoms with Crippen LogP contribution in [0.4, 0.5) is 0 Å². The molecule has 5 heteroatoms. The van der Waals surface area contributed by atoms with Crippen molar-refractivity contribution in [2.75, 3.05) is 6.61 Å². The minimum atomic E-state index is -0.349. The van der Waals surface area contributed by atoms with Crippen LogP contribution in [0.2, 0.25) is 0 Å². The summed E-state index contributed by atoms with van der Waals surface area (Å²) in [6.45, 7) is 10.5. The zero-order valence-electron chi connectivity index (χ0n) is 13.8. The smallest absolute Gasteiger partial charge is 0.324 e. The maximum atomic E-state index is 9.65. The van der Waals surface area contributed by atoms with Crippen LogP contribution in [-0.2, 0) is 10.8 Å². The fourth-order valence-electron chi connectivity index (χ4n) is 1.96. The van der Waals surface area contributed by atoms with Gasteiger partial charge in [0.05, 0.1) is 6.61 Å². The number of hydrogen-bond donors (Lipinski definition) is 1. The van der Waals surface area contributed by atoms with Gasteiger partial charge in [-0.25, -0.2) is 4.98 Å². The Hall–Kier alpha value is -2.01. The lowest BCUT2D eigenvalue weighted by atomic mass is 9.80. The van der Waals surface area contributed by atoms with Crippen LogP contribution in [0.15, 0.2) is 30.9 Å². The third-order valence-electron chi connectivity index (χ3n) is 3.63. The second-order valence-corrected chi connectivity index (χ2v) is 7.06. The highest BCUT2D eigenvalue weighted by atomic mass is 16.5. The Bertz CT molecular complexity index is 634. The molecular weight excluding hydrogens is 278 g/mol. The summed E-state index contributed by atoms with van der Waals surface area (Å²) in [4.78, 5) is 11.7. The molecule has 2 rings (SSSR count). The van der Waals surface area contributed by atoms with Gasteiger partial charge in [-0.15, -0.1) is 0 Å². The van der Waals surface area contributed by atoms with Crippen molar-refractivity contribution in [3.63, 3.8) is 0 Å². The van der Waals surface area contributed by atoms with Crippen molar-refractivity contribution in [1.29, 1.82) is 0 Å². The first-order valence-corrected chi connectivity index (χ1v) is 7.29. The van der Waals surface area contributed by atoms with Gasteiger partial charge in [0.1, 0.15) is 18.4 Å². The van der Waals surface area contributed by atoms with E-state index in [1.807, 2.05) is 26.0 Å². The van der Waals surface area contributed by atoms with Gasteiger partial charge in [0.15, 0.2) is 0 Å². The Labute approximate surface area is 131 Å². The summed E-state index contributed by atoms with van der Waals surface area (Å²) in [5.41, 5.74) is 1.78. The molecule has 0 aliphatic heterocycles. The molecule has 1 aromatic heterocycles. The highest BCUT2D eigenvalue weighted by Crippen LogP contribution is 2.33. The van der Waals surface area contributed by atoms with Gasteiger partial charge >= 0.3 is 6.01 Å². The molecule has 0 saturated heterocycles. The minimum absolute atomic E-state index is 0.0290. The molecule has 0 spiro atoms. The molecule has 22 heavy (non-hydrogen) atoms. The SMILES string of the molecule is CC(C)(C)c1cc(Oc2ncncn2)cc(C(C)(C)CO)c1. The Morgan fingerprint density at radius 3 is 2.09 bits per heavy atom. The maximum Gasteiger partial charge on any atom is 0.324 e. The van der Waals surface area contributed by atoms with Gasteiger partial charge in [-0.3, -0.25) is 0 Å². The first-order valence-electron chi connectivity index (χ1n) is 7.29. The van der Waals surface area contributed by atoms with Gasteiger partial charge in [-0.1, -0.05) is 40.7 Å². The van der Waals surface area contributed by atoms with E-state index in [4.69, 9.17) is 4.74 Å². The lowest BCUT2D eigenvalue weighted by molar-refractivity contribution is 0.218. The van der Waals surface area contributed by atoms with Crippen molar-refractivity contribution >= 4 is 0 Å². The lowest BCUT2D eigenvalue weighted by Gasteiger charge is -2.27. The molecule has 1 heterocycles. The summed E-state index contributed by atoms with van der Waals surface area (Å²) in [6, 6.07) is 6.29. The second kappa shape index (κ2) is 6.01. The summed E-state index contributed by atoms with van der Waals surface area (Å²) in [5, 5.41) is 9.65. The van der Waals surface area contributed by atoms with E-state index in [1.165, 1.54) is 12.7 Å². The molecule has 5 nitrogen and oxygen atoms in total. The molecule has 0 saturated carbocycles. The van der Waals surface area contributed by atoms with E-state index in [1.54, 1.807) is 0 Å². The van der Waals surface area contributed by atoms with Crippen molar-refractivity contribution < 1.29 is 9.84 Å². The van der Waals surface area contributed by atoms with Crippen molar-refractivity contribution in [2.24, 2.45) is 0 Å². The Balaban J connectivity index is 2.47. The van der Waals surface area contributed by atoms with Crippen LogP contribution < -0.4 is 4.74 Å². The standard InChI is InChI=1S/C17H23N3O2/c1-16(2,3)12-6-13(17(4,5)9-21)8-14(7-12)22-15-19-10-18-11-20-15/h6-8,10-11,21H,9H2,1-5H3. The first kappa shape index (κ1) is 16.4. The fourth-order valence-corrected chi connectivity index (χ4v) is 1.96. The van der Waals surface area contributed by atoms with Gasteiger partial charge in [0, 0.05) is 5.41 Å². The van der Waals surface area contributed by atoms with Gasteiger partial charge in [-0.05, 0) is 28.7 Å². The molecule has 118 valence electrons. The van der Waals surface area contributed by atoms with E-state index in [-0.39, 0.29) is 23.4 Å². The quantitative estimate of drug-likeness (QED) is 0.939. The third-order valence-corrected chi connectivity index (χ3v) is 3.63. The molecule has 0 aliphatic rings. The molecule has 2 aromatic rings. The third kappa shape index (κ3) is 3.80. The summed E-state index contributed by atoms with van der Waals surface area (Å²) in [6.07, 6.45) is 2.79. The second-order valence-electron chi connectivity index (χ2n) is 7.06. The van der Waals surface area contributed by atoms with Crippen molar-refractivity contribution in [3.05, 3.63) is 42.0 Å². The number of rotatable bonds is 4. The summed E-state index contributed by atoms with van der Waals surface area (Å²) in [5.74, 6) is 0.662. The molecule has 0 fully saturated rings. The van der Waals surface area contributed by atoms with Gasteiger partial charge in [-0.2, -0.15) is 9.97 Å². The molecule has 0 aliphatic carbocycles. The molecule has 0 amide bonds. The first-order chi connectivity index (χ1) is 10.2. The van der Waals surface area contributed by atoms with Crippen LogP contribution in [0.3, 0.4) is 0 Å². The van der Waals surface area contributed by atoms with Crippen molar-refractivity contribution in [1.82, 2.24) is 15.0 Å². The van der Waals surface area contributed by atoms with E-state index in [0.717, 1.165) is 11.1 Å². The number of benzene rings is 1. The Kier molecular flexibility index (Phi) is 4.47. The van der Waals surface area contributed by atoms with E-state index < -0.39 is 0 Å².